The number of benzene rings is 1. The van der Waals surface area contributed by atoms with Crippen LogP contribution in [0.1, 0.15) is 19.4 Å². The van der Waals surface area contributed by atoms with Gasteiger partial charge < -0.3 is 0 Å². The molecule has 0 saturated carbocycles. The molecular formula is C12H18S2. The highest BCUT2D eigenvalue weighted by molar-refractivity contribution is 7.99. The van der Waals surface area contributed by atoms with Crippen LogP contribution in [0.5, 0.6) is 0 Å². The standard InChI is InChI=1S/C12H18S2/c1-9(2)7-10-5-6-11(13-3)8-12(10)14-4/h5-6,8-9H,7H2,1-4H3. The van der Waals surface area contributed by atoms with Gasteiger partial charge in [-0.3, -0.25) is 0 Å². The summed E-state index contributed by atoms with van der Waals surface area (Å²) in [5, 5.41) is 0. The molecule has 0 saturated heterocycles. The number of thioether (sulfide) groups is 2. The number of rotatable bonds is 4. The van der Waals surface area contributed by atoms with Crippen molar-refractivity contribution < 1.29 is 0 Å². The Morgan fingerprint density at radius 2 is 1.86 bits per heavy atom. The van der Waals surface area contributed by atoms with Gasteiger partial charge in [0.25, 0.3) is 0 Å². The van der Waals surface area contributed by atoms with Crippen molar-refractivity contribution in [2.45, 2.75) is 30.1 Å². The predicted molar refractivity (Wildman–Crippen MR) is 68.5 cm³/mol. The topological polar surface area (TPSA) is 0 Å². The van der Waals surface area contributed by atoms with E-state index in [0.717, 1.165) is 5.92 Å². The van der Waals surface area contributed by atoms with Gasteiger partial charge in [0.15, 0.2) is 0 Å². The minimum atomic E-state index is 0.737. The van der Waals surface area contributed by atoms with Crippen molar-refractivity contribution in [1.29, 1.82) is 0 Å². The molecule has 0 radical (unpaired) electrons. The first-order valence-corrected chi connectivity index (χ1v) is 7.33. The van der Waals surface area contributed by atoms with Crippen molar-refractivity contribution in [2.24, 2.45) is 5.92 Å². The Morgan fingerprint density at radius 1 is 1.14 bits per heavy atom. The summed E-state index contributed by atoms with van der Waals surface area (Å²) >= 11 is 3.67. The maximum atomic E-state index is 2.30. The molecule has 0 nitrogen and oxygen atoms in total. The summed E-state index contributed by atoms with van der Waals surface area (Å²) in [5.41, 5.74) is 1.49. The molecule has 0 fully saturated rings. The van der Waals surface area contributed by atoms with E-state index in [9.17, 15) is 0 Å². The lowest BCUT2D eigenvalue weighted by atomic mass is 10.0. The largest absolute Gasteiger partial charge is 0.130 e. The third kappa shape index (κ3) is 3.25. The summed E-state index contributed by atoms with van der Waals surface area (Å²) in [5.74, 6) is 0.737. The average molecular weight is 226 g/mol. The molecule has 1 rings (SSSR count). The lowest BCUT2D eigenvalue weighted by Gasteiger charge is -2.10. The Kier molecular flexibility index (Phi) is 4.90. The molecule has 1 aromatic rings. The molecule has 0 N–H and O–H groups in total. The zero-order chi connectivity index (χ0) is 10.6. The van der Waals surface area contributed by atoms with Crippen LogP contribution in [0, 0.1) is 5.92 Å². The first kappa shape index (κ1) is 12.0. The molecule has 0 amide bonds. The number of hydrogen-bond donors (Lipinski definition) is 0. The minimum Gasteiger partial charge on any atom is -0.130 e. The van der Waals surface area contributed by atoms with Crippen LogP contribution in [-0.4, -0.2) is 12.5 Å². The van der Waals surface area contributed by atoms with Crippen LogP contribution in [0.3, 0.4) is 0 Å². The summed E-state index contributed by atoms with van der Waals surface area (Å²) in [7, 11) is 0. The molecule has 14 heavy (non-hydrogen) atoms. The predicted octanol–water partition coefficient (Wildman–Crippen LogP) is 4.33. The van der Waals surface area contributed by atoms with E-state index in [-0.39, 0.29) is 0 Å². The van der Waals surface area contributed by atoms with E-state index < -0.39 is 0 Å². The van der Waals surface area contributed by atoms with Crippen molar-refractivity contribution in [3.05, 3.63) is 23.8 Å². The average Bonchev–Trinajstić information content (AvgIpc) is 2.17. The molecule has 0 heterocycles. The van der Waals surface area contributed by atoms with Gasteiger partial charge in [-0.1, -0.05) is 19.9 Å². The van der Waals surface area contributed by atoms with Crippen LogP contribution in [0.25, 0.3) is 0 Å². The Bertz CT molecular complexity index is 292. The molecule has 0 aliphatic carbocycles. The van der Waals surface area contributed by atoms with Gasteiger partial charge in [0.1, 0.15) is 0 Å². The van der Waals surface area contributed by atoms with Crippen LogP contribution in [0.4, 0.5) is 0 Å². The molecule has 0 aliphatic rings. The van der Waals surface area contributed by atoms with Gasteiger partial charge in [0.2, 0.25) is 0 Å². The lowest BCUT2D eigenvalue weighted by molar-refractivity contribution is 0.640. The third-order valence-electron chi connectivity index (χ3n) is 2.12. The summed E-state index contributed by atoms with van der Waals surface area (Å²) in [4.78, 5) is 2.80. The van der Waals surface area contributed by atoms with Gasteiger partial charge in [-0.05, 0) is 42.5 Å². The Morgan fingerprint density at radius 3 is 2.36 bits per heavy atom. The van der Waals surface area contributed by atoms with Crippen molar-refractivity contribution in [1.82, 2.24) is 0 Å². The summed E-state index contributed by atoms with van der Waals surface area (Å²) < 4.78 is 0. The highest BCUT2D eigenvalue weighted by Crippen LogP contribution is 2.27. The second-order valence-electron chi connectivity index (χ2n) is 3.78. The smallest absolute Gasteiger partial charge is 0.0112 e. The van der Waals surface area contributed by atoms with Gasteiger partial charge in [0, 0.05) is 9.79 Å². The fraction of sp³-hybridized carbons (Fsp3) is 0.500. The second kappa shape index (κ2) is 5.72. The zero-order valence-electron chi connectivity index (χ0n) is 9.33. The Hall–Kier alpha value is -0.0800. The fourth-order valence-electron chi connectivity index (χ4n) is 1.46. The maximum Gasteiger partial charge on any atom is 0.0112 e. The van der Waals surface area contributed by atoms with Crippen molar-refractivity contribution in [2.75, 3.05) is 12.5 Å². The molecule has 0 spiro atoms. The summed E-state index contributed by atoms with van der Waals surface area (Å²) in [6.45, 7) is 4.54. The molecule has 0 unspecified atom stereocenters. The van der Waals surface area contributed by atoms with Crippen LogP contribution >= 0.6 is 23.5 Å². The molecule has 0 atom stereocenters. The Labute approximate surface area is 95.9 Å². The van der Waals surface area contributed by atoms with Gasteiger partial charge in [-0.2, -0.15) is 0 Å². The van der Waals surface area contributed by atoms with E-state index in [1.807, 2.05) is 23.5 Å². The van der Waals surface area contributed by atoms with E-state index in [1.54, 1.807) is 0 Å². The SMILES string of the molecule is CSc1ccc(CC(C)C)c(SC)c1. The van der Waals surface area contributed by atoms with Crippen molar-refractivity contribution in [3.63, 3.8) is 0 Å². The molecule has 1 aromatic carbocycles. The van der Waals surface area contributed by atoms with E-state index in [2.05, 4.69) is 44.6 Å². The van der Waals surface area contributed by atoms with E-state index in [4.69, 9.17) is 0 Å². The maximum absolute atomic E-state index is 2.30. The van der Waals surface area contributed by atoms with Crippen LogP contribution in [0.2, 0.25) is 0 Å². The van der Waals surface area contributed by atoms with Crippen LogP contribution in [-0.2, 0) is 6.42 Å². The normalized spacial score (nSPS) is 10.9. The van der Waals surface area contributed by atoms with Gasteiger partial charge in [-0.15, -0.1) is 23.5 Å². The fourth-order valence-corrected chi connectivity index (χ4v) is 2.63. The molecule has 0 aromatic heterocycles. The Balaban J connectivity index is 2.93. The molecular weight excluding hydrogens is 208 g/mol. The second-order valence-corrected chi connectivity index (χ2v) is 5.50. The van der Waals surface area contributed by atoms with Crippen LogP contribution < -0.4 is 0 Å². The van der Waals surface area contributed by atoms with E-state index >= 15 is 0 Å². The van der Waals surface area contributed by atoms with Crippen molar-refractivity contribution >= 4 is 23.5 Å². The quantitative estimate of drug-likeness (QED) is 0.701. The van der Waals surface area contributed by atoms with E-state index in [0.29, 0.717) is 0 Å². The molecule has 0 aliphatic heterocycles. The lowest BCUT2D eigenvalue weighted by Crippen LogP contribution is -1.96. The zero-order valence-corrected chi connectivity index (χ0v) is 11.0. The van der Waals surface area contributed by atoms with Gasteiger partial charge in [0.05, 0.1) is 0 Å². The highest BCUT2D eigenvalue weighted by atomic mass is 32.2. The summed E-state index contributed by atoms with van der Waals surface area (Å²) in [6.07, 6.45) is 5.47. The van der Waals surface area contributed by atoms with Gasteiger partial charge in [-0.25, -0.2) is 0 Å². The first-order valence-electron chi connectivity index (χ1n) is 4.88. The molecule has 78 valence electrons. The molecule has 0 bridgehead atoms. The number of hydrogen-bond acceptors (Lipinski definition) is 2. The summed E-state index contributed by atoms with van der Waals surface area (Å²) in [6, 6.07) is 6.80. The molecule has 2 heteroatoms. The van der Waals surface area contributed by atoms with Crippen molar-refractivity contribution in [3.8, 4) is 0 Å². The third-order valence-corrected chi connectivity index (χ3v) is 3.67. The van der Waals surface area contributed by atoms with Crippen LogP contribution in [0.15, 0.2) is 28.0 Å². The first-order chi connectivity index (χ1) is 6.67. The van der Waals surface area contributed by atoms with Gasteiger partial charge >= 0.3 is 0 Å². The monoisotopic (exact) mass is 226 g/mol. The minimum absolute atomic E-state index is 0.737. The van der Waals surface area contributed by atoms with E-state index in [1.165, 1.54) is 21.8 Å². The highest BCUT2D eigenvalue weighted by Gasteiger charge is 2.04.